The molecule has 0 aromatic carbocycles. The molecule has 1 aromatic rings. The molecule has 0 saturated carbocycles. The predicted molar refractivity (Wildman–Crippen MR) is 83.7 cm³/mol. The largest absolute Gasteiger partial charge is 0.480 e. The number of hydrogen-bond acceptors (Lipinski definition) is 5. The molecule has 8 heteroatoms. The van der Waals surface area contributed by atoms with Crippen LogP contribution in [-0.2, 0) is 14.9 Å². The van der Waals surface area contributed by atoms with Gasteiger partial charge in [-0.05, 0) is 6.92 Å². The topological polar surface area (TPSA) is 121 Å². The van der Waals surface area contributed by atoms with Gasteiger partial charge >= 0.3 is 5.97 Å². The number of methoxy groups -OCH3 is 1. The van der Waals surface area contributed by atoms with E-state index in [4.69, 9.17) is 9.84 Å². The van der Waals surface area contributed by atoms with Gasteiger partial charge in [-0.15, -0.1) is 0 Å². The van der Waals surface area contributed by atoms with Gasteiger partial charge in [0.15, 0.2) is 0 Å². The van der Waals surface area contributed by atoms with E-state index >= 15 is 0 Å². The van der Waals surface area contributed by atoms with Crippen LogP contribution in [-0.4, -0.2) is 46.7 Å². The first-order chi connectivity index (χ1) is 10.6. The second-order valence-corrected chi connectivity index (χ2v) is 6.27. The average molecular weight is 325 g/mol. The van der Waals surface area contributed by atoms with Crippen LogP contribution in [0.2, 0.25) is 0 Å². The monoisotopic (exact) mass is 325 g/mol. The maximum atomic E-state index is 12.3. The van der Waals surface area contributed by atoms with Gasteiger partial charge in [0, 0.05) is 25.6 Å². The molecular weight excluding hydrogens is 302 g/mol. The summed E-state index contributed by atoms with van der Waals surface area (Å²) in [5.74, 6) is -1.49. The molecule has 1 rings (SSSR count). The number of nitrogens with zero attached hydrogens (tertiary/aromatic N) is 1. The number of carbonyl (C=O) groups is 2. The molecule has 128 valence electrons. The first-order valence-corrected chi connectivity index (χ1v) is 7.22. The van der Waals surface area contributed by atoms with Gasteiger partial charge in [0.2, 0.25) is 0 Å². The van der Waals surface area contributed by atoms with Gasteiger partial charge < -0.3 is 20.1 Å². The van der Waals surface area contributed by atoms with Crippen LogP contribution in [0.4, 0.5) is 0 Å². The van der Waals surface area contributed by atoms with Crippen LogP contribution in [0.25, 0.3) is 0 Å². The third kappa shape index (κ3) is 4.88. The minimum absolute atomic E-state index is 0.0992. The van der Waals surface area contributed by atoms with E-state index in [0.29, 0.717) is 5.82 Å². The SMILES string of the molecule is COCCC(NC(=O)c1c(C)nc(C(C)(C)C)[nH]c1=O)C(=O)O. The third-order valence-electron chi connectivity index (χ3n) is 3.25. The first kappa shape index (κ1) is 18.8. The van der Waals surface area contributed by atoms with Gasteiger partial charge in [-0.1, -0.05) is 20.8 Å². The quantitative estimate of drug-likeness (QED) is 0.704. The van der Waals surface area contributed by atoms with Crippen LogP contribution in [0.5, 0.6) is 0 Å². The number of rotatable bonds is 6. The van der Waals surface area contributed by atoms with Gasteiger partial charge in [0.25, 0.3) is 11.5 Å². The highest BCUT2D eigenvalue weighted by Crippen LogP contribution is 2.17. The van der Waals surface area contributed by atoms with Crippen molar-refractivity contribution in [2.75, 3.05) is 13.7 Å². The summed E-state index contributed by atoms with van der Waals surface area (Å²) in [5, 5.41) is 11.4. The number of aromatic amines is 1. The number of amides is 1. The fraction of sp³-hybridized carbons (Fsp3) is 0.600. The molecule has 0 spiro atoms. The number of hydrogen-bond donors (Lipinski definition) is 3. The van der Waals surface area contributed by atoms with E-state index in [2.05, 4.69) is 15.3 Å². The van der Waals surface area contributed by atoms with Crippen molar-refractivity contribution in [3.8, 4) is 0 Å². The van der Waals surface area contributed by atoms with E-state index in [0.717, 1.165) is 0 Å². The smallest absolute Gasteiger partial charge is 0.326 e. The molecule has 0 radical (unpaired) electrons. The van der Waals surface area contributed by atoms with Gasteiger partial charge in [-0.2, -0.15) is 0 Å². The van der Waals surface area contributed by atoms with Crippen LogP contribution in [0.15, 0.2) is 4.79 Å². The highest BCUT2D eigenvalue weighted by molar-refractivity contribution is 5.97. The Kier molecular flexibility index (Phi) is 6.03. The number of aryl methyl sites for hydroxylation is 1. The molecule has 8 nitrogen and oxygen atoms in total. The molecule has 1 heterocycles. The van der Waals surface area contributed by atoms with Crippen molar-refractivity contribution in [3.05, 3.63) is 27.4 Å². The van der Waals surface area contributed by atoms with Gasteiger partial charge in [-0.3, -0.25) is 9.59 Å². The normalized spacial score (nSPS) is 12.7. The van der Waals surface area contributed by atoms with Crippen molar-refractivity contribution in [1.82, 2.24) is 15.3 Å². The lowest BCUT2D eigenvalue weighted by molar-refractivity contribution is -0.139. The fourth-order valence-electron chi connectivity index (χ4n) is 1.93. The Balaban J connectivity index is 3.09. The summed E-state index contributed by atoms with van der Waals surface area (Å²) in [6, 6.07) is -1.14. The minimum Gasteiger partial charge on any atom is -0.480 e. The number of ether oxygens (including phenoxy) is 1. The number of carboxylic acid groups (broad SMARTS) is 1. The molecule has 3 N–H and O–H groups in total. The maximum absolute atomic E-state index is 12.3. The van der Waals surface area contributed by atoms with Crippen molar-refractivity contribution in [2.45, 2.75) is 45.6 Å². The lowest BCUT2D eigenvalue weighted by Gasteiger charge is -2.19. The summed E-state index contributed by atoms with van der Waals surface area (Å²) in [6.07, 6.45) is 0.0992. The molecule has 0 aliphatic heterocycles. The zero-order valence-corrected chi connectivity index (χ0v) is 14.0. The second-order valence-electron chi connectivity index (χ2n) is 6.27. The molecule has 0 saturated heterocycles. The van der Waals surface area contributed by atoms with E-state index in [1.165, 1.54) is 7.11 Å². The molecule has 23 heavy (non-hydrogen) atoms. The highest BCUT2D eigenvalue weighted by atomic mass is 16.5. The summed E-state index contributed by atoms with van der Waals surface area (Å²) in [5.41, 5.74) is -0.884. The van der Waals surface area contributed by atoms with Crippen molar-refractivity contribution in [1.29, 1.82) is 0 Å². The van der Waals surface area contributed by atoms with Crippen molar-refractivity contribution < 1.29 is 19.4 Å². The minimum atomic E-state index is -1.19. The second kappa shape index (κ2) is 7.36. The summed E-state index contributed by atoms with van der Waals surface area (Å²) in [7, 11) is 1.44. The number of aliphatic carboxylic acids is 1. The Hall–Kier alpha value is -2.22. The van der Waals surface area contributed by atoms with Crippen LogP contribution in [0, 0.1) is 6.92 Å². The molecule has 0 bridgehead atoms. The molecule has 1 aromatic heterocycles. The van der Waals surface area contributed by atoms with Gasteiger partial charge in [0.1, 0.15) is 17.4 Å². The lowest BCUT2D eigenvalue weighted by atomic mass is 9.95. The van der Waals surface area contributed by atoms with E-state index < -0.39 is 23.5 Å². The molecule has 1 atom stereocenters. The Bertz CT molecular complexity index is 645. The zero-order valence-electron chi connectivity index (χ0n) is 14.0. The summed E-state index contributed by atoms with van der Waals surface area (Å²) in [6.45, 7) is 7.37. The Labute approximate surface area is 134 Å². The third-order valence-corrected chi connectivity index (χ3v) is 3.25. The maximum Gasteiger partial charge on any atom is 0.326 e. The van der Waals surface area contributed by atoms with Gasteiger partial charge in [0.05, 0.1) is 5.69 Å². The number of H-pyrrole nitrogens is 1. The molecule has 0 aliphatic carbocycles. The average Bonchev–Trinajstić information content (AvgIpc) is 2.41. The van der Waals surface area contributed by atoms with E-state index in [-0.39, 0.29) is 29.7 Å². The molecule has 1 unspecified atom stereocenters. The van der Waals surface area contributed by atoms with Crippen molar-refractivity contribution in [3.63, 3.8) is 0 Å². The van der Waals surface area contributed by atoms with Crippen LogP contribution in [0.3, 0.4) is 0 Å². The Morgan fingerprint density at radius 2 is 2.00 bits per heavy atom. The molecular formula is C15H23N3O5. The van der Waals surface area contributed by atoms with Crippen LogP contribution < -0.4 is 10.9 Å². The number of nitrogens with one attached hydrogen (secondary N) is 2. The van der Waals surface area contributed by atoms with Gasteiger partial charge in [-0.25, -0.2) is 9.78 Å². The van der Waals surface area contributed by atoms with Crippen LogP contribution in [0.1, 0.15) is 49.1 Å². The lowest BCUT2D eigenvalue weighted by Crippen LogP contribution is -2.44. The summed E-state index contributed by atoms with van der Waals surface area (Å²) in [4.78, 5) is 42.4. The number of carbonyl (C=O) groups excluding carboxylic acids is 1. The molecule has 0 fully saturated rings. The van der Waals surface area contributed by atoms with E-state index in [1.54, 1.807) is 6.92 Å². The van der Waals surface area contributed by atoms with Crippen molar-refractivity contribution >= 4 is 11.9 Å². The molecule has 1 amide bonds. The Morgan fingerprint density at radius 3 is 2.43 bits per heavy atom. The molecule has 0 aliphatic rings. The number of carboxylic acids is 1. The van der Waals surface area contributed by atoms with E-state index in [1.807, 2.05) is 20.8 Å². The summed E-state index contributed by atoms with van der Waals surface area (Å²) < 4.78 is 4.82. The first-order valence-electron chi connectivity index (χ1n) is 7.22. The zero-order chi connectivity index (χ0) is 17.8. The number of aromatic nitrogens is 2. The fourth-order valence-corrected chi connectivity index (χ4v) is 1.93. The standard InChI is InChI=1S/C15H23N3O5/c1-8-10(12(20)18-14(16-8)15(2,3)4)11(19)17-9(13(21)22)6-7-23-5/h9H,6-7H2,1-5H3,(H,17,19)(H,21,22)(H,16,18,20). The summed E-state index contributed by atoms with van der Waals surface area (Å²) >= 11 is 0. The van der Waals surface area contributed by atoms with Crippen molar-refractivity contribution in [2.24, 2.45) is 0 Å². The van der Waals surface area contributed by atoms with E-state index in [9.17, 15) is 14.4 Å². The predicted octanol–water partition coefficient (Wildman–Crippen LogP) is 0.595. The Morgan fingerprint density at radius 1 is 1.39 bits per heavy atom. The van der Waals surface area contributed by atoms with Crippen LogP contribution >= 0.6 is 0 Å². The highest BCUT2D eigenvalue weighted by Gasteiger charge is 2.25.